The predicted molar refractivity (Wildman–Crippen MR) is 97.5 cm³/mol. The summed E-state index contributed by atoms with van der Waals surface area (Å²) in [5.41, 5.74) is 2.14. The molecule has 0 aromatic heterocycles. The first-order valence-corrected chi connectivity index (χ1v) is 8.68. The standard InChI is InChI=1S/C21H25NO2/c1-3-21(15-7-10-17-8-5-4-6-9-17)16-22(20(21)23)18-11-13-19(24-2)14-12-18/h4-6,8-9,11-14H,3,7,10,15-16H2,1-2H3/t21-/m1/s1. The molecule has 0 radical (unpaired) electrons. The van der Waals surface area contributed by atoms with Crippen molar-refractivity contribution < 1.29 is 9.53 Å². The van der Waals surface area contributed by atoms with Gasteiger partial charge in [-0.05, 0) is 55.5 Å². The minimum Gasteiger partial charge on any atom is -0.497 e. The van der Waals surface area contributed by atoms with Gasteiger partial charge in [0.1, 0.15) is 5.75 Å². The number of hydrogen-bond donors (Lipinski definition) is 0. The second-order valence-corrected chi connectivity index (χ2v) is 6.56. The molecule has 0 bridgehead atoms. The molecule has 3 nitrogen and oxygen atoms in total. The molecular weight excluding hydrogens is 298 g/mol. The largest absolute Gasteiger partial charge is 0.497 e. The number of amides is 1. The van der Waals surface area contributed by atoms with Crippen LogP contribution in [0.4, 0.5) is 5.69 Å². The molecule has 2 aromatic rings. The molecule has 24 heavy (non-hydrogen) atoms. The van der Waals surface area contributed by atoms with Gasteiger partial charge in [-0.15, -0.1) is 0 Å². The van der Waals surface area contributed by atoms with Gasteiger partial charge in [-0.3, -0.25) is 4.79 Å². The average Bonchev–Trinajstić information content (AvgIpc) is 2.65. The molecule has 0 unspecified atom stereocenters. The lowest BCUT2D eigenvalue weighted by Gasteiger charge is -2.48. The molecule has 3 rings (SSSR count). The Bertz CT molecular complexity index is 681. The summed E-state index contributed by atoms with van der Waals surface area (Å²) in [5, 5.41) is 0. The van der Waals surface area contributed by atoms with E-state index in [1.807, 2.05) is 35.2 Å². The molecule has 0 aliphatic carbocycles. The van der Waals surface area contributed by atoms with Gasteiger partial charge in [0.15, 0.2) is 0 Å². The molecule has 2 aromatic carbocycles. The van der Waals surface area contributed by atoms with E-state index in [1.165, 1.54) is 5.56 Å². The molecule has 1 fully saturated rings. The Labute approximate surface area is 144 Å². The van der Waals surface area contributed by atoms with E-state index >= 15 is 0 Å². The molecule has 0 saturated carbocycles. The minimum absolute atomic E-state index is 0.172. The summed E-state index contributed by atoms with van der Waals surface area (Å²) in [5.74, 6) is 1.08. The Balaban J connectivity index is 1.59. The molecule has 1 aliphatic rings. The van der Waals surface area contributed by atoms with Crippen molar-refractivity contribution in [3.63, 3.8) is 0 Å². The fourth-order valence-corrected chi connectivity index (χ4v) is 3.51. The van der Waals surface area contributed by atoms with Gasteiger partial charge in [0.2, 0.25) is 5.91 Å². The van der Waals surface area contributed by atoms with Crippen LogP contribution in [0.3, 0.4) is 0 Å². The number of benzene rings is 2. The van der Waals surface area contributed by atoms with E-state index < -0.39 is 0 Å². The summed E-state index contributed by atoms with van der Waals surface area (Å²) in [6.45, 7) is 2.95. The smallest absolute Gasteiger partial charge is 0.235 e. The average molecular weight is 323 g/mol. The first-order valence-electron chi connectivity index (χ1n) is 8.68. The van der Waals surface area contributed by atoms with E-state index in [2.05, 4.69) is 31.2 Å². The van der Waals surface area contributed by atoms with Crippen molar-refractivity contribution in [2.75, 3.05) is 18.6 Å². The van der Waals surface area contributed by atoms with Crippen LogP contribution in [0.25, 0.3) is 0 Å². The normalized spacial score (nSPS) is 19.9. The van der Waals surface area contributed by atoms with Crippen LogP contribution >= 0.6 is 0 Å². The lowest BCUT2D eigenvalue weighted by molar-refractivity contribution is -0.136. The van der Waals surface area contributed by atoms with Crippen LogP contribution in [0.15, 0.2) is 54.6 Å². The van der Waals surface area contributed by atoms with Crippen LogP contribution < -0.4 is 9.64 Å². The second-order valence-electron chi connectivity index (χ2n) is 6.56. The zero-order chi connectivity index (χ0) is 17.0. The van der Waals surface area contributed by atoms with E-state index in [9.17, 15) is 4.79 Å². The Morgan fingerprint density at radius 2 is 1.79 bits per heavy atom. The van der Waals surface area contributed by atoms with Gasteiger partial charge in [-0.1, -0.05) is 37.3 Å². The maximum Gasteiger partial charge on any atom is 0.235 e. The molecule has 1 saturated heterocycles. The zero-order valence-corrected chi connectivity index (χ0v) is 14.5. The Morgan fingerprint density at radius 1 is 1.08 bits per heavy atom. The number of methoxy groups -OCH3 is 1. The molecule has 3 heteroatoms. The summed E-state index contributed by atoms with van der Waals surface area (Å²) in [6.07, 6.45) is 3.97. The number of carbonyl (C=O) groups excluding carboxylic acids is 1. The van der Waals surface area contributed by atoms with Gasteiger partial charge in [0.05, 0.1) is 12.5 Å². The van der Waals surface area contributed by atoms with Crippen molar-refractivity contribution >= 4 is 11.6 Å². The fourth-order valence-electron chi connectivity index (χ4n) is 3.51. The maximum atomic E-state index is 12.8. The summed E-state index contributed by atoms with van der Waals surface area (Å²) in [6, 6.07) is 18.2. The third-order valence-electron chi connectivity index (χ3n) is 5.18. The molecule has 0 N–H and O–H groups in total. The predicted octanol–water partition coefficient (Wildman–Crippen LogP) is 4.46. The van der Waals surface area contributed by atoms with Crippen molar-refractivity contribution in [2.45, 2.75) is 32.6 Å². The van der Waals surface area contributed by atoms with Crippen molar-refractivity contribution in [2.24, 2.45) is 5.41 Å². The third kappa shape index (κ3) is 3.16. The summed E-state index contributed by atoms with van der Waals surface area (Å²) in [7, 11) is 1.65. The number of carbonyl (C=O) groups is 1. The van der Waals surface area contributed by atoms with E-state index in [-0.39, 0.29) is 11.3 Å². The molecule has 1 aliphatic heterocycles. The minimum atomic E-state index is -0.172. The SMILES string of the molecule is CC[C@@]1(CCCc2ccccc2)CN(c2ccc(OC)cc2)C1=O. The van der Waals surface area contributed by atoms with E-state index in [4.69, 9.17) is 4.74 Å². The number of anilines is 1. The molecular formula is C21H25NO2. The Morgan fingerprint density at radius 3 is 2.38 bits per heavy atom. The fraction of sp³-hybridized carbons (Fsp3) is 0.381. The second kappa shape index (κ2) is 7.08. The van der Waals surface area contributed by atoms with Gasteiger partial charge in [0.25, 0.3) is 0 Å². The van der Waals surface area contributed by atoms with Gasteiger partial charge in [-0.2, -0.15) is 0 Å². The van der Waals surface area contributed by atoms with Crippen molar-refractivity contribution in [3.8, 4) is 5.75 Å². The number of β-lactam (4-membered cyclic amide) rings is 1. The summed E-state index contributed by atoms with van der Waals surface area (Å²) >= 11 is 0. The highest BCUT2D eigenvalue weighted by Crippen LogP contribution is 2.42. The van der Waals surface area contributed by atoms with Gasteiger partial charge < -0.3 is 9.64 Å². The first kappa shape index (κ1) is 16.6. The van der Waals surface area contributed by atoms with Crippen LogP contribution in [-0.2, 0) is 11.2 Å². The Kier molecular flexibility index (Phi) is 4.89. The van der Waals surface area contributed by atoms with Gasteiger partial charge in [0, 0.05) is 12.2 Å². The van der Waals surface area contributed by atoms with Crippen LogP contribution in [0.2, 0.25) is 0 Å². The van der Waals surface area contributed by atoms with Crippen LogP contribution in [-0.4, -0.2) is 19.6 Å². The van der Waals surface area contributed by atoms with Gasteiger partial charge >= 0.3 is 0 Å². The molecule has 1 heterocycles. The molecule has 0 spiro atoms. The van der Waals surface area contributed by atoms with Crippen LogP contribution in [0.1, 0.15) is 31.7 Å². The van der Waals surface area contributed by atoms with Crippen LogP contribution in [0, 0.1) is 5.41 Å². The summed E-state index contributed by atoms with van der Waals surface area (Å²) in [4.78, 5) is 14.7. The lowest BCUT2D eigenvalue weighted by atomic mass is 9.72. The number of hydrogen-bond acceptors (Lipinski definition) is 2. The first-order chi connectivity index (χ1) is 11.7. The van der Waals surface area contributed by atoms with Crippen molar-refractivity contribution in [3.05, 3.63) is 60.2 Å². The van der Waals surface area contributed by atoms with E-state index in [1.54, 1.807) is 7.11 Å². The van der Waals surface area contributed by atoms with E-state index in [0.717, 1.165) is 43.7 Å². The third-order valence-corrected chi connectivity index (χ3v) is 5.18. The maximum absolute atomic E-state index is 12.8. The van der Waals surface area contributed by atoms with Gasteiger partial charge in [-0.25, -0.2) is 0 Å². The van der Waals surface area contributed by atoms with E-state index in [0.29, 0.717) is 0 Å². The zero-order valence-electron chi connectivity index (χ0n) is 14.5. The van der Waals surface area contributed by atoms with Crippen LogP contribution in [0.5, 0.6) is 5.75 Å². The van der Waals surface area contributed by atoms with Crippen molar-refractivity contribution in [1.82, 2.24) is 0 Å². The lowest BCUT2D eigenvalue weighted by Crippen LogP contribution is -2.61. The number of aryl methyl sites for hydroxylation is 1. The molecule has 126 valence electrons. The summed E-state index contributed by atoms with van der Waals surface area (Å²) < 4.78 is 5.18. The number of ether oxygens (including phenoxy) is 1. The molecule has 1 amide bonds. The number of nitrogens with zero attached hydrogens (tertiary/aromatic N) is 1. The van der Waals surface area contributed by atoms with Crippen molar-refractivity contribution in [1.29, 1.82) is 0 Å². The monoisotopic (exact) mass is 323 g/mol. The topological polar surface area (TPSA) is 29.5 Å². The highest BCUT2D eigenvalue weighted by Gasteiger charge is 2.50. The number of rotatable bonds is 7. The molecule has 1 atom stereocenters. The highest BCUT2D eigenvalue weighted by atomic mass is 16.5. The quantitative estimate of drug-likeness (QED) is 0.704. The highest BCUT2D eigenvalue weighted by molar-refractivity contribution is 6.04. The Hall–Kier alpha value is -2.29.